The van der Waals surface area contributed by atoms with E-state index in [4.69, 9.17) is 4.42 Å². The number of sulfone groups is 1. The van der Waals surface area contributed by atoms with E-state index in [0.717, 1.165) is 11.1 Å². The third-order valence-electron chi connectivity index (χ3n) is 6.00. The van der Waals surface area contributed by atoms with Crippen LogP contribution in [0.3, 0.4) is 0 Å². The third-order valence-corrected chi connectivity index (χ3v) is 7.76. The van der Waals surface area contributed by atoms with Crippen molar-refractivity contribution in [2.45, 2.75) is 45.7 Å². The fraction of sp³-hybridized carbons (Fsp3) is 0.360. The molecule has 1 aliphatic rings. The number of hydrogen-bond donors (Lipinski definition) is 0. The van der Waals surface area contributed by atoms with E-state index in [1.54, 1.807) is 12.1 Å². The Morgan fingerprint density at radius 2 is 1.84 bits per heavy atom. The molecule has 1 saturated heterocycles. The first-order valence-electron chi connectivity index (χ1n) is 10.8. The predicted octanol–water partition coefficient (Wildman–Crippen LogP) is 4.05. The first-order chi connectivity index (χ1) is 15.1. The van der Waals surface area contributed by atoms with Crippen molar-refractivity contribution < 1.29 is 17.6 Å². The Hall–Kier alpha value is -2.93. The van der Waals surface area contributed by atoms with Crippen molar-refractivity contribution in [3.8, 4) is 0 Å². The quantitative estimate of drug-likeness (QED) is 0.582. The summed E-state index contributed by atoms with van der Waals surface area (Å²) in [5, 5.41) is 0.409. The highest BCUT2D eigenvalue weighted by Gasteiger charge is 2.36. The van der Waals surface area contributed by atoms with Crippen LogP contribution in [0.15, 0.2) is 57.7 Å². The van der Waals surface area contributed by atoms with Crippen LogP contribution in [-0.2, 0) is 16.4 Å². The minimum absolute atomic E-state index is 0.0502. The maximum Gasteiger partial charge on any atom is 0.290 e. The van der Waals surface area contributed by atoms with Crippen LogP contribution >= 0.6 is 0 Å². The zero-order chi connectivity index (χ0) is 23.0. The topological polar surface area (TPSA) is 84.7 Å². The van der Waals surface area contributed by atoms with Gasteiger partial charge in [0.1, 0.15) is 5.58 Å². The molecule has 0 N–H and O–H groups in total. The molecule has 7 heteroatoms. The zero-order valence-electron chi connectivity index (χ0n) is 18.5. The maximum atomic E-state index is 13.5. The molecular formula is C25H27NO5S. The fourth-order valence-corrected chi connectivity index (χ4v) is 5.83. The molecule has 1 amide bonds. The van der Waals surface area contributed by atoms with Crippen LogP contribution in [0.4, 0.5) is 0 Å². The van der Waals surface area contributed by atoms with Gasteiger partial charge < -0.3 is 9.32 Å². The Labute approximate surface area is 187 Å². The number of rotatable bonds is 5. The molecule has 6 nitrogen and oxygen atoms in total. The molecule has 0 saturated carbocycles. The van der Waals surface area contributed by atoms with Crippen molar-refractivity contribution >= 4 is 26.7 Å². The summed E-state index contributed by atoms with van der Waals surface area (Å²) in [6, 6.07) is 13.9. The lowest BCUT2D eigenvalue weighted by atomic mass is 10.0. The number of aryl methyl sites for hydroxylation is 1. The average Bonchev–Trinajstić information content (AvgIpc) is 3.10. The monoisotopic (exact) mass is 453 g/mol. The zero-order valence-corrected chi connectivity index (χ0v) is 19.3. The number of benzene rings is 2. The molecule has 1 fully saturated rings. The van der Waals surface area contributed by atoms with Crippen LogP contribution in [-0.4, -0.2) is 36.8 Å². The SMILES string of the molecule is Cc1ccc2c(=O)cc(C(=O)N(Cc3ccc(C(C)C)cc3)C3CCS(=O)(=O)C3)oc2c1. The van der Waals surface area contributed by atoms with E-state index in [1.807, 2.05) is 37.3 Å². The van der Waals surface area contributed by atoms with Gasteiger partial charge in [0.15, 0.2) is 21.0 Å². The van der Waals surface area contributed by atoms with Gasteiger partial charge in [-0.05, 0) is 48.1 Å². The Bertz CT molecular complexity index is 1320. The molecule has 1 aliphatic heterocycles. The minimum atomic E-state index is -3.20. The molecule has 2 aromatic carbocycles. The van der Waals surface area contributed by atoms with Crippen molar-refractivity contribution in [2.75, 3.05) is 11.5 Å². The largest absolute Gasteiger partial charge is 0.451 e. The van der Waals surface area contributed by atoms with Gasteiger partial charge in [-0.25, -0.2) is 8.42 Å². The second-order valence-electron chi connectivity index (χ2n) is 8.86. The Balaban J connectivity index is 1.71. The van der Waals surface area contributed by atoms with Gasteiger partial charge in [0.2, 0.25) is 0 Å². The smallest absolute Gasteiger partial charge is 0.290 e. The summed E-state index contributed by atoms with van der Waals surface area (Å²) in [5.41, 5.74) is 3.04. The lowest BCUT2D eigenvalue weighted by Crippen LogP contribution is -2.40. The van der Waals surface area contributed by atoms with Crippen LogP contribution in [0.5, 0.6) is 0 Å². The third kappa shape index (κ3) is 4.63. The summed E-state index contributed by atoms with van der Waals surface area (Å²) < 4.78 is 30.1. The van der Waals surface area contributed by atoms with Crippen LogP contribution in [0, 0.1) is 6.92 Å². The first-order valence-corrected chi connectivity index (χ1v) is 12.6. The number of hydrogen-bond acceptors (Lipinski definition) is 5. The van der Waals surface area contributed by atoms with Crippen molar-refractivity contribution in [1.82, 2.24) is 4.90 Å². The van der Waals surface area contributed by atoms with Gasteiger partial charge in [0.05, 0.1) is 16.9 Å². The molecular weight excluding hydrogens is 426 g/mol. The summed E-state index contributed by atoms with van der Waals surface area (Å²) >= 11 is 0. The molecule has 1 aromatic heterocycles. The second-order valence-corrected chi connectivity index (χ2v) is 11.1. The minimum Gasteiger partial charge on any atom is -0.451 e. The van der Waals surface area contributed by atoms with Crippen molar-refractivity contribution in [2.24, 2.45) is 0 Å². The molecule has 4 rings (SSSR count). The highest BCUT2D eigenvalue weighted by atomic mass is 32.2. The van der Waals surface area contributed by atoms with E-state index < -0.39 is 21.8 Å². The van der Waals surface area contributed by atoms with Gasteiger partial charge in [-0.3, -0.25) is 9.59 Å². The Kier molecular flexibility index (Phi) is 5.95. The van der Waals surface area contributed by atoms with E-state index >= 15 is 0 Å². The van der Waals surface area contributed by atoms with Crippen molar-refractivity contribution in [3.63, 3.8) is 0 Å². The van der Waals surface area contributed by atoms with E-state index in [0.29, 0.717) is 23.3 Å². The number of carbonyl (C=O) groups is 1. The van der Waals surface area contributed by atoms with Gasteiger partial charge in [-0.1, -0.05) is 44.2 Å². The van der Waals surface area contributed by atoms with Crippen LogP contribution in [0.1, 0.15) is 53.4 Å². The van der Waals surface area contributed by atoms with Crippen LogP contribution in [0.25, 0.3) is 11.0 Å². The highest BCUT2D eigenvalue weighted by molar-refractivity contribution is 7.91. The molecule has 2 heterocycles. The van der Waals surface area contributed by atoms with Crippen molar-refractivity contribution in [3.05, 3.63) is 81.2 Å². The summed E-state index contributed by atoms with van der Waals surface area (Å²) in [5.74, 6) is -0.192. The van der Waals surface area contributed by atoms with Crippen LogP contribution in [0.2, 0.25) is 0 Å². The van der Waals surface area contributed by atoms with Gasteiger partial charge in [-0.15, -0.1) is 0 Å². The molecule has 32 heavy (non-hydrogen) atoms. The second kappa shape index (κ2) is 8.54. The number of fused-ring (bicyclic) bond motifs is 1. The van der Waals surface area contributed by atoms with E-state index in [-0.39, 0.29) is 29.2 Å². The number of nitrogens with zero attached hydrogens (tertiary/aromatic N) is 1. The fourth-order valence-electron chi connectivity index (χ4n) is 4.10. The normalized spacial score (nSPS) is 17.7. The Morgan fingerprint density at radius 3 is 2.47 bits per heavy atom. The van der Waals surface area contributed by atoms with Crippen molar-refractivity contribution in [1.29, 1.82) is 0 Å². The van der Waals surface area contributed by atoms with Gasteiger partial charge >= 0.3 is 0 Å². The molecule has 0 radical (unpaired) electrons. The summed E-state index contributed by atoms with van der Waals surface area (Å²) in [6.07, 6.45) is 0.370. The molecule has 1 atom stereocenters. The van der Waals surface area contributed by atoms with E-state index in [2.05, 4.69) is 13.8 Å². The molecule has 0 spiro atoms. The molecule has 0 aliphatic carbocycles. The predicted molar refractivity (Wildman–Crippen MR) is 125 cm³/mol. The average molecular weight is 454 g/mol. The maximum absolute atomic E-state index is 13.5. The van der Waals surface area contributed by atoms with Gasteiger partial charge in [0.25, 0.3) is 5.91 Å². The highest BCUT2D eigenvalue weighted by Crippen LogP contribution is 2.24. The lowest BCUT2D eigenvalue weighted by Gasteiger charge is -2.28. The Morgan fingerprint density at radius 1 is 1.12 bits per heavy atom. The van der Waals surface area contributed by atoms with Gasteiger partial charge in [0, 0.05) is 18.7 Å². The summed E-state index contributed by atoms with van der Waals surface area (Å²) in [7, 11) is -3.20. The van der Waals surface area contributed by atoms with Gasteiger partial charge in [-0.2, -0.15) is 0 Å². The summed E-state index contributed by atoms with van der Waals surface area (Å²) in [4.78, 5) is 27.6. The van der Waals surface area contributed by atoms with Crippen LogP contribution < -0.4 is 5.43 Å². The molecule has 168 valence electrons. The molecule has 1 unspecified atom stereocenters. The molecule has 0 bridgehead atoms. The standard InChI is InChI=1S/C25H27NO5S/c1-16(2)19-7-5-18(6-8-19)14-26(20-10-11-32(29,30)15-20)25(28)24-13-22(27)21-9-4-17(3)12-23(21)31-24/h4-9,12-13,16,20H,10-11,14-15H2,1-3H3. The molecule has 3 aromatic rings. The van der Waals surface area contributed by atoms with E-state index in [9.17, 15) is 18.0 Å². The number of carbonyl (C=O) groups excluding carboxylic acids is 1. The summed E-state index contributed by atoms with van der Waals surface area (Å²) in [6.45, 7) is 6.34. The number of amides is 1. The van der Waals surface area contributed by atoms with E-state index in [1.165, 1.54) is 16.5 Å². The first kappa shape index (κ1) is 22.3. The lowest BCUT2D eigenvalue weighted by molar-refractivity contribution is 0.0648.